The third kappa shape index (κ3) is 4.01. The van der Waals surface area contributed by atoms with Crippen LogP contribution in [0.4, 0.5) is 13.2 Å². The van der Waals surface area contributed by atoms with Crippen LogP contribution in [0.2, 0.25) is 0 Å². The molecule has 2 heterocycles. The Kier molecular flexibility index (Phi) is 5.08. The largest absolute Gasteiger partial charge is 0.416 e. The summed E-state index contributed by atoms with van der Waals surface area (Å²) in [4.78, 5) is 4.09. The lowest BCUT2D eigenvalue weighted by molar-refractivity contribution is -0.137. The smallest absolute Gasteiger partial charge is 0.302 e. The second kappa shape index (κ2) is 7.26. The van der Waals surface area contributed by atoms with E-state index in [0.717, 1.165) is 34.2 Å². The first-order chi connectivity index (χ1) is 12.0. The van der Waals surface area contributed by atoms with Gasteiger partial charge in [-0.05, 0) is 36.8 Å². The van der Waals surface area contributed by atoms with Crippen LogP contribution in [0.15, 0.2) is 53.9 Å². The van der Waals surface area contributed by atoms with Crippen LogP contribution in [0.1, 0.15) is 18.1 Å². The number of hydrogen-bond acceptors (Lipinski definition) is 4. The van der Waals surface area contributed by atoms with Gasteiger partial charge in [0.15, 0.2) is 11.0 Å². The molecule has 0 saturated heterocycles. The molecule has 3 rings (SSSR count). The van der Waals surface area contributed by atoms with E-state index in [1.165, 1.54) is 23.9 Å². The van der Waals surface area contributed by atoms with Crippen molar-refractivity contribution in [3.63, 3.8) is 0 Å². The summed E-state index contributed by atoms with van der Waals surface area (Å²) >= 11 is 1.44. The normalized spacial score (nSPS) is 11.7. The molecule has 25 heavy (non-hydrogen) atoms. The zero-order chi connectivity index (χ0) is 17.9. The van der Waals surface area contributed by atoms with Crippen molar-refractivity contribution in [3.05, 3.63) is 59.9 Å². The maximum atomic E-state index is 12.6. The molecule has 130 valence electrons. The lowest BCUT2D eigenvalue weighted by atomic mass is 10.1. The second-order valence-corrected chi connectivity index (χ2v) is 6.22. The highest BCUT2D eigenvalue weighted by atomic mass is 32.2. The Morgan fingerprint density at radius 3 is 2.44 bits per heavy atom. The molecule has 0 N–H and O–H groups in total. The molecule has 2 aromatic heterocycles. The predicted octanol–water partition coefficient (Wildman–Crippen LogP) is 4.67. The summed E-state index contributed by atoms with van der Waals surface area (Å²) in [6.07, 6.45) is -0.899. The van der Waals surface area contributed by atoms with Crippen LogP contribution < -0.4 is 0 Å². The molecule has 0 atom stereocenters. The molecule has 3 aromatic rings. The van der Waals surface area contributed by atoms with Gasteiger partial charge in [0.05, 0.1) is 5.56 Å². The van der Waals surface area contributed by atoms with Gasteiger partial charge in [-0.2, -0.15) is 13.2 Å². The minimum atomic E-state index is -4.31. The summed E-state index contributed by atoms with van der Waals surface area (Å²) in [5.74, 6) is 1.24. The number of rotatable bonds is 5. The number of nitrogens with zero attached hydrogens (tertiary/aromatic N) is 4. The molecule has 8 heteroatoms. The molecular formula is C17H15F3N4S. The summed E-state index contributed by atoms with van der Waals surface area (Å²) in [7, 11) is 0. The molecule has 0 fully saturated rings. The first-order valence-electron chi connectivity index (χ1n) is 7.61. The summed E-state index contributed by atoms with van der Waals surface area (Å²) in [6.45, 7) is 2.68. The Labute approximate surface area is 147 Å². The maximum absolute atomic E-state index is 12.6. The van der Waals surface area contributed by atoms with Gasteiger partial charge in [-0.1, -0.05) is 23.9 Å². The molecule has 0 unspecified atom stereocenters. The van der Waals surface area contributed by atoms with E-state index in [1.54, 1.807) is 12.4 Å². The van der Waals surface area contributed by atoms with Crippen molar-refractivity contribution in [1.29, 1.82) is 0 Å². The monoisotopic (exact) mass is 364 g/mol. The van der Waals surface area contributed by atoms with Gasteiger partial charge in [0.2, 0.25) is 0 Å². The number of halogens is 3. The van der Waals surface area contributed by atoms with Gasteiger partial charge >= 0.3 is 6.18 Å². The molecule has 0 aliphatic carbocycles. The van der Waals surface area contributed by atoms with Crippen molar-refractivity contribution in [3.8, 4) is 11.4 Å². The number of benzene rings is 1. The Morgan fingerprint density at radius 2 is 1.84 bits per heavy atom. The lowest BCUT2D eigenvalue weighted by Gasteiger charge is -2.08. The van der Waals surface area contributed by atoms with E-state index in [0.29, 0.717) is 12.3 Å². The molecule has 0 radical (unpaired) electrons. The van der Waals surface area contributed by atoms with Gasteiger partial charge < -0.3 is 4.57 Å². The molecule has 0 bridgehead atoms. The summed E-state index contributed by atoms with van der Waals surface area (Å²) in [6, 6.07) is 8.92. The van der Waals surface area contributed by atoms with Gasteiger partial charge in [0, 0.05) is 30.3 Å². The molecule has 0 spiro atoms. The first kappa shape index (κ1) is 17.5. The van der Waals surface area contributed by atoms with Crippen molar-refractivity contribution >= 4 is 11.8 Å². The molecule has 0 saturated carbocycles. The summed E-state index contributed by atoms with van der Waals surface area (Å²) < 4.78 is 39.8. The summed E-state index contributed by atoms with van der Waals surface area (Å²) in [5, 5.41) is 9.15. The van der Waals surface area contributed by atoms with Gasteiger partial charge in [-0.15, -0.1) is 10.2 Å². The van der Waals surface area contributed by atoms with Crippen LogP contribution in [0.25, 0.3) is 11.4 Å². The average molecular weight is 364 g/mol. The maximum Gasteiger partial charge on any atom is 0.416 e. The van der Waals surface area contributed by atoms with Crippen LogP contribution in [0, 0.1) is 0 Å². The first-order valence-corrected chi connectivity index (χ1v) is 8.60. The fourth-order valence-corrected chi connectivity index (χ4v) is 3.29. The average Bonchev–Trinajstić information content (AvgIpc) is 3.03. The van der Waals surface area contributed by atoms with E-state index < -0.39 is 11.7 Å². The van der Waals surface area contributed by atoms with Crippen molar-refractivity contribution in [2.24, 2.45) is 0 Å². The zero-order valence-corrected chi connectivity index (χ0v) is 14.2. The highest BCUT2D eigenvalue weighted by Crippen LogP contribution is 2.30. The Bertz CT molecular complexity index is 829. The van der Waals surface area contributed by atoms with Crippen LogP contribution >= 0.6 is 11.8 Å². The molecule has 0 aliphatic rings. The third-order valence-corrected chi connectivity index (χ3v) is 4.64. The minimum Gasteiger partial charge on any atom is -0.302 e. The number of thioether (sulfide) groups is 1. The fraction of sp³-hybridized carbons (Fsp3) is 0.235. The number of hydrogen-bond donors (Lipinski definition) is 0. The SMILES string of the molecule is CCn1c(SCc2ccc(C(F)(F)F)cc2)nnc1-c1cccnc1. The quantitative estimate of drug-likeness (QED) is 0.617. The van der Waals surface area contributed by atoms with Crippen LogP contribution in [0.3, 0.4) is 0 Å². The highest BCUT2D eigenvalue weighted by molar-refractivity contribution is 7.98. The van der Waals surface area contributed by atoms with Gasteiger partial charge in [-0.25, -0.2) is 0 Å². The van der Waals surface area contributed by atoms with Gasteiger partial charge in [-0.3, -0.25) is 4.98 Å². The molecule has 4 nitrogen and oxygen atoms in total. The van der Waals surface area contributed by atoms with Crippen molar-refractivity contribution in [2.45, 2.75) is 30.6 Å². The second-order valence-electron chi connectivity index (χ2n) is 5.28. The molecule has 0 aliphatic heterocycles. The van der Waals surface area contributed by atoms with Gasteiger partial charge in [0.25, 0.3) is 0 Å². The Morgan fingerprint density at radius 1 is 1.08 bits per heavy atom. The van der Waals surface area contributed by atoms with Crippen LogP contribution in [-0.2, 0) is 18.5 Å². The molecular weight excluding hydrogens is 349 g/mol. The topological polar surface area (TPSA) is 43.6 Å². The fourth-order valence-electron chi connectivity index (χ4n) is 2.33. The van der Waals surface area contributed by atoms with E-state index in [9.17, 15) is 13.2 Å². The van der Waals surface area contributed by atoms with Crippen LogP contribution in [0.5, 0.6) is 0 Å². The summed E-state index contributed by atoms with van der Waals surface area (Å²) in [5.41, 5.74) is 1.03. The lowest BCUT2D eigenvalue weighted by Crippen LogP contribution is -2.04. The highest BCUT2D eigenvalue weighted by Gasteiger charge is 2.29. The Hall–Kier alpha value is -2.35. The van der Waals surface area contributed by atoms with Crippen molar-refractivity contribution in [2.75, 3.05) is 0 Å². The van der Waals surface area contributed by atoms with E-state index >= 15 is 0 Å². The predicted molar refractivity (Wildman–Crippen MR) is 89.9 cm³/mol. The van der Waals surface area contributed by atoms with Gasteiger partial charge in [0.1, 0.15) is 0 Å². The Balaban J connectivity index is 1.75. The van der Waals surface area contributed by atoms with Crippen molar-refractivity contribution < 1.29 is 13.2 Å². The van der Waals surface area contributed by atoms with E-state index in [-0.39, 0.29) is 0 Å². The minimum absolute atomic E-state index is 0.517. The van der Waals surface area contributed by atoms with E-state index in [1.807, 2.05) is 23.6 Å². The van der Waals surface area contributed by atoms with E-state index in [2.05, 4.69) is 15.2 Å². The molecule has 0 amide bonds. The molecule has 1 aromatic carbocycles. The third-order valence-electron chi connectivity index (χ3n) is 3.60. The van der Waals surface area contributed by atoms with Crippen LogP contribution in [-0.4, -0.2) is 19.7 Å². The zero-order valence-electron chi connectivity index (χ0n) is 13.4. The number of alkyl halides is 3. The number of aromatic nitrogens is 4. The standard InChI is InChI=1S/C17H15F3N4S/c1-2-24-15(13-4-3-9-21-10-13)22-23-16(24)25-11-12-5-7-14(8-6-12)17(18,19)20/h3-10H,2,11H2,1H3. The van der Waals surface area contributed by atoms with Crippen molar-refractivity contribution in [1.82, 2.24) is 19.7 Å². The number of pyridine rings is 1. The van der Waals surface area contributed by atoms with E-state index in [4.69, 9.17) is 0 Å².